The molecule has 2 aliphatic carbocycles. The zero-order chi connectivity index (χ0) is 13.1. The zero-order valence-corrected chi connectivity index (χ0v) is 12.3. The molecule has 2 atom stereocenters. The third-order valence-corrected chi connectivity index (χ3v) is 4.94. The van der Waals surface area contributed by atoms with Gasteiger partial charge < -0.3 is 4.90 Å². The second kappa shape index (κ2) is 6.03. The first kappa shape index (κ1) is 13.1. The number of rotatable bonds is 3. The van der Waals surface area contributed by atoms with Crippen LogP contribution in [0, 0.1) is 0 Å². The van der Waals surface area contributed by atoms with Crippen molar-refractivity contribution in [3.05, 3.63) is 35.6 Å². The molecule has 0 saturated heterocycles. The van der Waals surface area contributed by atoms with Crippen LogP contribution in [0.1, 0.15) is 45.4 Å². The molecule has 0 aromatic heterocycles. The summed E-state index contributed by atoms with van der Waals surface area (Å²) in [6.45, 7) is 3.56. The molecule has 0 bridgehead atoms. The Morgan fingerprint density at radius 2 is 2.21 bits per heavy atom. The van der Waals surface area contributed by atoms with Gasteiger partial charge in [0.15, 0.2) is 0 Å². The van der Waals surface area contributed by atoms with E-state index in [0.717, 1.165) is 5.82 Å². The molecule has 0 radical (unpaired) electrons. The molecule has 0 aromatic rings. The predicted molar refractivity (Wildman–Crippen MR) is 84.9 cm³/mol. The first-order valence-corrected chi connectivity index (χ1v) is 8.22. The van der Waals surface area contributed by atoms with Gasteiger partial charge in [0.1, 0.15) is 7.28 Å². The molecule has 2 unspecified atom stereocenters. The summed E-state index contributed by atoms with van der Waals surface area (Å²) in [7, 11) is 1.37. The van der Waals surface area contributed by atoms with E-state index < -0.39 is 0 Å². The lowest BCUT2D eigenvalue weighted by molar-refractivity contribution is 0.256. The van der Waals surface area contributed by atoms with Crippen molar-refractivity contribution in [2.75, 3.05) is 6.54 Å². The minimum atomic E-state index is 0.668. The molecule has 3 rings (SSSR count). The van der Waals surface area contributed by atoms with E-state index in [1.165, 1.54) is 58.7 Å². The number of hydrogen-bond donors (Lipinski definition) is 0. The van der Waals surface area contributed by atoms with Crippen LogP contribution in [0.3, 0.4) is 0 Å². The van der Waals surface area contributed by atoms with E-state index in [2.05, 4.69) is 36.1 Å². The van der Waals surface area contributed by atoms with Gasteiger partial charge in [0.05, 0.1) is 0 Å². The second-order valence-electron chi connectivity index (χ2n) is 6.31. The summed E-state index contributed by atoms with van der Waals surface area (Å²) in [4.78, 5) is 2.69. The summed E-state index contributed by atoms with van der Waals surface area (Å²) in [5.41, 5.74) is 3.29. The van der Waals surface area contributed by atoms with E-state index in [0.29, 0.717) is 6.04 Å². The van der Waals surface area contributed by atoms with Gasteiger partial charge in [-0.15, -0.1) is 0 Å². The maximum absolute atomic E-state index is 2.69. The molecular formula is C17H26BN. The van der Waals surface area contributed by atoms with E-state index >= 15 is 0 Å². The van der Waals surface area contributed by atoms with Crippen molar-refractivity contribution >= 4 is 7.28 Å². The van der Waals surface area contributed by atoms with E-state index in [1.54, 1.807) is 11.3 Å². The Hall–Kier alpha value is -0.915. The molecule has 1 heterocycles. The Bertz CT molecular complexity index is 407. The van der Waals surface area contributed by atoms with Crippen molar-refractivity contribution in [2.45, 2.75) is 63.6 Å². The first-order valence-electron chi connectivity index (χ1n) is 8.22. The molecule has 1 nitrogen and oxygen atoms in total. The van der Waals surface area contributed by atoms with E-state index in [9.17, 15) is 0 Å². The van der Waals surface area contributed by atoms with Gasteiger partial charge in [-0.2, -0.15) is 0 Å². The number of nitrogens with zero attached hydrogens (tertiary/aromatic N) is 1. The second-order valence-corrected chi connectivity index (χ2v) is 6.31. The van der Waals surface area contributed by atoms with Crippen molar-refractivity contribution in [3.8, 4) is 0 Å². The molecular weight excluding hydrogens is 229 g/mol. The minimum absolute atomic E-state index is 0.668. The quantitative estimate of drug-likeness (QED) is 0.542. The fraction of sp³-hybridized carbons (Fsp3) is 0.647. The maximum atomic E-state index is 2.69. The molecule has 1 aliphatic heterocycles. The molecule has 0 spiro atoms. The van der Waals surface area contributed by atoms with E-state index in [-0.39, 0.29) is 0 Å². The van der Waals surface area contributed by atoms with Crippen molar-refractivity contribution in [1.82, 2.24) is 4.90 Å². The number of allylic oxidation sites excluding steroid dienone is 4. The van der Waals surface area contributed by atoms with Gasteiger partial charge in [0.2, 0.25) is 0 Å². The molecule has 0 amide bonds. The SMILES string of the molecule is CCBC1C=CC(N2CCCC3=C2C=CCC3)CC1. The standard InChI is InChI=1S/C17H26BN/c1-2-18-15-9-11-16(12-10-15)19-13-5-7-14-6-3-4-8-17(14)19/h4,8-9,11,15-16,18H,2-3,5-7,10,12-13H2,1H3. The van der Waals surface area contributed by atoms with Crippen LogP contribution in [0.2, 0.25) is 12.1 Å². The van der Waals surface area contributed by atoms with Crippen molar-refractivity contribution < 1.29 is 0 Å². The van der Waals surface area contributed by atoms with Gasteiger partial charge in [-0.1, -0.05) is 37.9 Å². The van der Waals surface area contributed by atoms with Crippen molar-refractivity contribution in [2.24, 2.45) is 0 Å². The summed E-state index contributed by atoms with van der Waals surface area (Å²) in [6, 6.07) is 0.668. The average Bonchev–Trinajstić information content (AvgIpc) is 2.48. The molecule has 2 heteroatoms. The van der Waals surface area contributed by atoms with Gasteiger partial charge in [-0.05, 0) is 49.6 Å². The van der Waals surface area contributed by atoms with Crippen LogP contribution in [0.5, 0.6) is 0 Å². The normalized spacial score (nSPS) is 30.5. The molecule has 0 fully saturated rings. The van der Waals surface area contributed by atoms with Gasteiger partial charge in [0.25, 0.3) is 0 Å². The first-order chi connectivity index (χ1) is 9.38. The molecule has 0 saturated carbocycles. The zero-order valence-electron chi connectivity index (χ0n) is 12.3. The van der Waals surface area contributed by atoms with Crippen LogP contribution >= 0.6 is 0 Å². The third-order valence-electron chi connectivity index (χ3n) is 4.94. The highest BCUT2D eigenvalue weighted by atomic mass is 15.2. The minimum Gasteiger partial charge on any atom is -0.365 e. The van der Waals surface area contributed by atoms with Crippen molar-refractivity contribution in [1.29, 1.82) is 0 Å². The monoisotopic (exact) mass is 255 g/mol. The Morgan fingerprint density at radius 1 is 1.26 bits per heavy atom. The topological polar surface area (TPSA) is 3.24 Å². The smallest absolute Gasteiger partial charge is 0.128 e. The summed E-state index contributed by atoms with van der Waals surface area (Å²) >= 11 is 0. The fourth-order valence-electron chi connectivity index (χ4n) is 3.91. The lowest BCUT2D eigenvalue weighted by atomic mass is 9.59. The highest BCUT2D eigenvalue weighted by Crippen LogP contribution is 2.35. The van der Waals surface area contributed by atoms with E-state index in [4.69, 9.17) is 0 Å². The predicted octanol–water partition coefficient (Wildman–Crippen LogP) is 4.07. The van der Waals surface area contributed by atoms with Gasteiger partial charge >= 0.3 is 0 Å². The Balaban J connectivity index is 1.72. The molecule has 3 aliphatic rings. The van der Waals surface area contributed by atoms with Gasteiger partial charge in [-0.3, -0.25) is 0 Å². The summed E-state index contributed by atoms with van der Waals surface area (Å²) in [5, 5.41) is 0. The van der Waals surface area contributed by atoms with Crippen LogP contribution in [0.25, 0.3) is 0 Å². The van der Waals surface area contributed by atoms with Crippen LogP contribution in [-0.4, -0.2) is 24.8 Å². The fourth-order valence-corrected chi connectivity index (χ4v) is 3.91. The highest BCUT2D eigenvalue weighted by molar-refractivity contribution is 6.38. The summed E-state index contributed by atoms with van der Waals surface area (Å²) < 4.78 is 0. The summed E-state index contributed by atoms with van der Waals surface area (Å²) in [5.74, 6) is 0.849. The maximum Gasteiger partial charge on any atom is 0.128 e. The molecule has 19 heavy (non-hydrogen) atoms. The van der Waals surface area contributed by atoms with Gasteiger partial charge in [0, 0.05) is 18.3 Å². The summed E-state index contributed by atoms with van der Waals surface area (Å²) in [6.07, 6.45) is 19.1. The Labute approximate surface area is 118 Å². The largest absolute Gasteiger partial charge is 0.365 e. The van der Waals surface area contributed by atoms with Crippen molar-refractivity contribution in [3.63, 3.8) is 0 Å². The molecule has 0 aromatic carbocycles. The van der Waals surface area contributed by atoms with Gasteiger partial charge in [-0.25, -0.2) is 0 Å². The Kier molecular flexibility index (Phi) is 4.15. The van der Waals surface area contributed by atoms with E-state index in [1.807, 2.05) is 0 Å². The van der Waals surface area contributed by atoms with Crippen LogP contribution < -0.4 is 0 Å². The van der Waals surface area contributed by atoms with Crippen LogP contribution in [0.4, 0.5) is 0 Å². The molecule has 0 N–H and O–H groups in total. The average molecular weight is 255 g/mol. The Morgan fingerprint density at radius 3 is 3.00 bits per heavy atom. The highest BCUT2D eigenvalue weighted by Gasteiger charge is 2.26. The lowest BCUT2D eigenvalue weighted by Crippen LogP contribution is -2.38. The van der Waals surface area contributed by atoms with Crippen LogP contribution in [0.15, 0.2) is 35.6 Å². The van der Waals surface area contributed by atoms with Crippen LogP contribution in [-0.2, 0) is 0 Å². The number of hydrogen-bond acceptors (Lipinski definition) is 1. The third kappa shape index (κ3) is 2.83. The molecule has 102 valence electrons. The lowest BCUT2D eigenvalue weighted by Gasteiger charge is -2.40.